The van der Waals surface area contributed by atoms with E-state index in [1.165, 1.54) is 18.2 Å². The fourth-order valence-corrected chi connectivity index (χ4v) is 3.53. The van der Waals surface area contributed by atoms with Crippen LogP contribution >= 0.6 is 0 Å². The number of carbonyl (C=O) groups excluding carboxylic acids is 1. The molecule has 6 nitrogen and oxygen atoms in total. The summed E-state index contributed by atoms with van der Waals surface area (Å²) < 4.78 is 32.6. The van der Waals surface area contributed by atoms with Crippen molar-refractivity contribution in [3.05, 3.63) is 60.0 Å². The predicted molar refractivity (Wildman–Crippen MR) is 109 cm³/mol. The molecule has 2 aromatic carbocycles. The molecule has 1 saturated heterocycles. The first-order valence-electron chi connectivity index (χ1n) is 10.0. The smallest absolute Gasteiger partial charge is 0.226 e. The van der Waals surface area contributed by atoms with Crippen molar-refractivity contribution in [2.75, 3.05) is 23.3 Å². The average Bonchev–Trinajstić information content (AvgIpc) is 3.42. The number of carbonyl (C=O) groups is 1. The van der Waals surface area contributed by atoms with Gasteiger partial charge in [0.05, 0.1) is 5.69 Å². The van der Waals surface area contributed by atoms with Crippen LogP contribution in [0.5, 0.6) is 0 Å². The van der Waals surface area contributed by atoms with Crippen molar-refractivity contribution < 1.29 is 18.1 Å². The minimum atomic E-state index is -0.436. The van der Waals surface area contributed by atoms with Crippen LogP contribution in [0.4, 0.5) is 20.2 Å². The number of halogens is 2. The van der Waals surface area contributed by atoms with E-state index in [4.69, 9.17) is 4.52 Å². The Hall–Kier alpha value is -3.29. The zero-order valence-electron chi connectivity index (χ0n) is 16.4. The molecular weight excluding hydrogens is 390 g/mol. The van der Waals surface area contributed by atoms with Crippen molar-refractivity contribution in [2.45, 2.75) is 32.1 Å². The molecule has 4 rings (SSSR count). The van der Waals surface area contributed by atoms with Gasteiger partial charge in [0.1, 0.15) is 17.3 Å². The molecule has 0 atom stereocenters. The second kappa shape index (κ2) is 9.02. The molecule has 0 spiro atoms. The lowest BCUT2D eigenvalue weighted by atomic mass is 10.2. The van der Waals surface area contributed by atoms with Gasteiger partial charge < -0.3 is 14.7 Å². The molecule has 156 valence electrons. The number of aromatic nitrogens is 2. The molecule has 1 N–H and O–H groups in total. The van der Waals surface area contributed by atoms with Crippen molar-refractivity contribution in [3.8, 4) is 11.4 Å². The Kier molecular flexibility index (Phi) is 6.02. The van der Waals surface area contributed by atoms with Gasteiger partial charge in [0.2, 0.25) is 17.6 Å². The number of para-hydroxylation sites is 1. The molecule has 0 saturated carbocycles. The molecule has 1 fully saturated rings. The van der Waals surface area contributed by atoms with Crippen molar-refractivity contribution >= 4 is 17.3 Å². The van der Waals surface area contributed by atoms with Crippen molar-refractivity contribution in [1.29, 1.82) is 0 Å². The van der Waals surface area contributed by atoms with Crippen LogP contribution in [-0.2, 0) is 11.2 Å². The Balaban J connectivity index is 1.32. The largest absolute Gasteiger partial charge is 0.370 e. The number of rotatable bonds is 7. The summed E-state index contributed by atoms with van der Waals surface area (Å²) >= 11 is 0. The Morgan fingerprint density at radius 1 is 1.10 bits per heavy atom. The van der Waals surface area contributed by atoms with Crippen LogP contribution in [0.25, 0.3) is 11.4 Å². The minimum Gasteiger partial charge on any atom is -0.370 e. The normalized spacial score (nSPS) is 13.6. The molecule has 8 heteroatoms. The van der Waals surface area contributed by atoms with Crippen molar-refractivity contribution in [2.24, 2.45) is 0 Å². The average molecular weight is 412 g/mol. The summed E-state index contributed by atoms with van der Waals surface area (Å²) in [7, 11) is 0. The fourth-order valence-electron chi connectivity index (χ4n) is 3.53. The number of anilines is 2. The van der Waals surface area contributed by atoms with Crippen molar-refractivity contribution in [1.82, 2.24) is 10.1 Å². The van der Waals surface area contributed by atoms with Gasteiger partial charge in [-0.2, -0.15) is 4.98 Å². The molecule has 30 heavy (non-hydrogen) atoms. The molecular formula is C22H22F2N4O2. The maximum atomic E-state index is 14.3. The van der Waals surface area contributed by atoms with Crippen LogP contribution in [0.3, 0.4) is 0 Å². The molecule has 0 aliphatic carbocycles. The molecule has 3 aromatic rings. The van der Waals surface area contributed by atoms with E-state index in [2.05, 4.69) is 20.4 Å². The van der Waals surface area contributed by atoms with E-state index in [0.717, 1.165) is 31.6 Å². The number of aryl methyl sites for hydroxylation is 1. The van der Waals surface area contributed by atoms with Gasteiger partial charge in [-0.15, -0.1) is 0 Å². The van der Waals surface area contributed by atoms with Crippen LogP contribution in [0.2, 0.25) is 0 Å². The molecule has 0 radical (unpaired) electrons. The molecule has 1 aromatic heterocycles. The van der Waals surface area contributed by atoms with E-state index in [1.807, 2.05) is 6.07 Å². The molecule has 2 heterocycles. The molecule has 0 bridgehead atoms. The van der Waals surface area contributed by atoms with Gasteiger partial charge in [-0.05, 0) is 55.7 Å². The number of hydrogen-bond donors (Lipinski definition) is 1. The van der Waals surface area contributed by atoms with E-state index in [-0.39, 0.29) is 23.8 Å². The highest BCUT2D eigenvalue weighted by Crippen LogP contribution is 2.31. The zero-order valence-corrected chi connectivity index (χ0v) is 16.4. The Bertz CT molecular complexity index is 1010. The van der Waals surface area contributed by atoms with Crippen LogP contribution < -0.4 is 10.2 Å². The number of nitrogens with zero attached hydrogens (tertiary/aromatic N) is 3. The topological polar surface area (TPSA) is 71.3 Å². The lowest BCUT2D eigenvalue weighted by Crippen LogP contribution is -2.22. The molecule has 0 unspecified atom stereocenters. The van der Waals surface area contributed by atoms with Gasteiger partial charge in [-0.25, -0.2) is 8.78 Å². The first kappa shape index (κ1) is 20.0. The monoisotopic (exact) mass is 412 g/mol. The number of hydrogen-bond acceptors (Lipinski definition) is 5. The summed E-state index contributed by atoms with van der Waals surface area (Å²) in [5.74, 6) is -0.273. The minimum absolute atomic E-state index is 0.196. The lowest BCUT2D eigenvalue weighted by Gasteiger charge is -2.22. The third-order valence-corrected chi connectivity index (χ3v) is 5.07. The summed E-state index contributed by atoms with van der Waals surface area (Å²) in [6.45, 7) is 1.72. The van der Waals surface area contributed by atoms with Gasteiger partial charge in [0.25, 0.3) is 0 Å². The summed E-state index contributed by atoms with van der Waals surface area (Å²) in [6.07, 6.45) is 3.21. The van der Waals surface area contributed by atoms with Gasteiger partial charge in [0.15, 0.2) is 0 Å². The van der Waals surface area contributed by atoms with E-state index in [9.17, 15) is 13.6 Å². The van der Waals surface area contributed by atoms with E-state index in [1.54, 1.807) is 18.2 Å². The SMILES string of the molecule is O=C(CCCc1nc(-c2ccc(F)cc2)no1)Nc1c(F)cccc1N1CCCC1. The summed E-state index contributed by atoms with van der Waals surface area (Å²) in [6, 6.07) is 10.6. The van der Waals surface area contributed by atoms with Crippen LogP contribution in [0.15, 0.2) is 47.0 Å². The van der Waals surface area contributed by atoms with Gasteiger partial charge in [-0.1, -0.05) is 11.2 Å². The second-order valence-corrected chi connectivity index (χ2v) is 7.25. The van der Waals surface area contributed by atoms with E-state index < -0.39 is 5.82 Å². The van der Waals surface area contributed by atoms with Gasteiger partial charge >= 0.3 is 0 Å². The summed E-state index contributed by atoms with van der Waals surface area (Å²) in [5.41, 5.74) is 1.61. The van der Waals surface area contributed by atoms with Crippen LogP contribution in [0.1, 0.15) is 31.6 Å². The second-order valence-electron chi connectivity index (χ2n) is 7.25. The lowest BCUT2D eigenvalue weighted by molar-refractivity contribution is -0.116. The first-order valence-corrected chi connectivity index (χ1v) is 10.0. The maximum Gasteiger partial charge on any atom is 0.226 e. The quantitative estimate of drug-likeness (QED) is 0.615. The van der Waals surface area contributed by atoms with Crippen LogP contribution in [-0.4, -0.2) is 29.1 Å². The highest BCUT2D eigenvalue weighted by Gasteiger charge is 2.19. The van der Waals surface area contributed by atoms with Gasteiger partial charge in [-0.3, -0.25) is 4.79 Å². The maximum absolute atomic E-state index is 14.3. The number of benzene rings is 2. The fraction of sp³-hybridized carbons (Fsp3) is 0.318. The Labute approximate surface area is 172 Å². The highest BCUT2D eigenvalue weighted by atomic mass is 19.1. The molecule has 1 amide bonds. The molecule has 1 aliphatic rings. The number of nitrogens with one attached hydrogen (secondary N) is 1. The standard InChI is InChI=1S/C22H22F2N4O2/c23-16-11-9-15(10-12-16)22-26-20(30-27-22)8-4-7-19(29)25-21-17(24)5-3-6-18(21)28-13-1-2-14-28/h3,5-6,9-12H,1-2,4,7-8,13-14H2,(H,25,29). The third kappa shape index (κ3) is 4.64. The third-order valence-electron chi connectivity index (χ3n) is 5.07. The van der Waals surface area contributed by atoms with Crippen molar-refractivity contribution in [3.63, 3.8) is 0 Å². The summed E-state index contributed by atoms with van der Waals surface area (Å²) in [4.78, 5) is 18.7. The Morgan fingerprint density at radius 3 is 2.63 bits per heavy atom. The number of amides is 1. The van der Waals surface area contributed by atoms with Crippen LogP contribution in [0, 0.1) is 11.6 Å². The van der Waals surface area contributed by atoms with Gasteiger partial charge in [0, 0.05) is 31.5 Å². The van der Waals surface area contributed by atoms with E-state index >= 15 is 0 Å². The predicted octanol–water partition coefficient (Wildman–Crippen LogP) is 4.58. The zero-order chi connectivity index (χ0) is 20.9. The first-order chi connectivity index (χ1) is 14.6. The summed E-state index contributed by atoms with van der Waals surface area (Å²) in [5, 5.41) is 6.61. The molecule has 1 aliphatic heterocycles. The highest BCUT2D eigenvalue weighted by molar-refractivity contribution is 5.94. The Morgan fingerprint density at radius 2 is 1.87 bits per heavy atom. The van der Waals surface area contributed by atoms with E-state index in [0.29, 0.717) is 30.1 Å².